The second kappa shape index (κ2) is 7.74. The van der Waals surface area contributed by atoms with Crippen LogP contribution in [0.5, 0.6) is 0 Å². The molecule has 0 spiro atoms. The Labute approximate surface area is 106 Å². The van der Waals surface area contributed by atoms with Crippen LogP contribution in [0.15, 0.2) is 6.07 Å². The quantitative estimate of drug-likeness (QED) is 0.603. The average molecular weight is 260 g/mol. The SMILES string of the molecule is CCCc1nc(Cl)cc(NCCCSC)n1. The maximum Gasteiger partial charge on any atom is 0.134 e. The van der Waals surface area contributed by atoms with Gasteiger partial charge in [0.15, 0.2) is 0 Å². The van der Waals surface area contributed by atoms with E-state index < -0.39 is 0 Å². The number of nitrogens with one attached hydrogen (secondary N) is 1. The monoisotopic (exact) mass is 259 g/mol. The minimum atomic E-state index is 0.519. The smallest absolute Gasteiger partial charge is 0.134 e. The van der Waals surface area contributed by atoms with Gasteiger partial charge in [0.2, 0.25) is 0 Å². The Morgan fingerprint density at radius 3 is 2.94 bits per heavy atom. The van der Waals surface area contributed by atoms with Crippen molar-refractivity contribution in [1.29, 1.82) is 0 Å². The highest BCUT2D eigenvalue weighted by atomic mass is 35.5. The number of hydrogen-bond acceptors (Lipinski definition) is 4. The van der Waals surface area contributed by atoms with Crippen molar-refractivity contribution in [2.24, 2.45) is 0 Å². The molecule has 1 N–H and O–H groups in total. The van der Waals surface area contributed by atoms with Gasteiger partial charge >= 0.3 is 0 Å². The number of anilines is 1. The molecule has 0 atom stereocenters. The molecule has 1 aromatic heterocycles. The Morgan fingerprint density at radius 2 is 2.25 bits per heavy atom. The lowest BCUT2D eigenvalue weighted by Gasteiger charge is -2.07. The van der Waals surface area contributed by atoms with Crippen molar-refractivity contribution >= 4 is 29.2 Å². The van der Waals surface area contributed by atoms with Crippen LogP contribution in [0.1, 0.15) is 25.6 Å². The van der Waals surface area contributed by atoms with E-state index in [-0.39, 0.29) is 0 Å². The molecule has 0 aromatic carbocycles. The summed E-state index contributed by atoms with van der Waals surface area (Å²) in [7, 11) is 0. The summed E-state index contributed by atoms with van der Waals surface area (Å²) < 4.78 is 0. The molecule has 1 heterocycles. The van der Waals surface area contributed by atoms with Crippen molar-refractivity contribution in [3.05, 3.63) is 17.0 Å². The van der Waals surface area contributed by atoms with Gasteiger partial charge in [0.25, 0.3) is 0 Å². The molecule has 0 aliphatic carbocycles. The van der Waals surface area contributed by atoms with Gasteiger partial charge in [-0.05, 0) is 24.9 Å². The highest BCUT2D eigenvalue weighted by molar-refractivity contribution is 7.98. The normalized spacial score (nSPS) is 10.4. The molecule has 0 unspecified atom stereocenters. The summed E-state index contributed by atoms with van der Waals surface area (Å²) in [6.45, 7) is 3.04. The molecule has 90 valence electrons. The van der Waals surface area contributed by atoms with Crippen LogP contribution in [-0.4, -0.2) is 28.5 Å². The number of hydrogen-bond donors (Lipinski definition) is 1. The molecule has 3 nitrogen and oxygen atoms in total. The molecule has 5 heteroatoms. The molecule has 16 heavy (non-hydrogen) atoms. The van der Waals surface area contributed by atoms with Gasteiger partial charge in [0.05, 0.1) is 0 Å². The van der Waals surface area contributed by atoms with Gasteiger partial charge in [-0.25, -0.2) is 9.97 Å². The van der Waals surface area contributed by atoms with Gasteiger partial charge in [-0.15, -0.1) is 0 Å². The van der Waals surface area contributed by atoms with Crippen molar-refractivity contribution in [2.45, 2.75) is 26.2 Å². The third-order valence-corrected chi connectivity index (χ3v) is 2.94. The van der Waals surface area contributed by atoms with Crippen LogP contribution in [0.3, 0.4) is 0 Å². The fourth-order valence-corrected chi connectivity index (χ4v) is 1.96. The van der Waals surface area contributed by atoms with E-state index in [1.165, 1.54) is 0 Å². The van der Waals surface area contributed by atoms with Gasteiger partial charge in [0.1, 0.15) is 16.8 Å². The first-order valence-corrected chi connectivity index (χ1v) is 7.29. The Hall–Kier alpha value is -0.480. The highest BCUT2D eigenvalue weighted by Gasteiger charge is 2.01. The number of rotatable bonds is 7. The van der Waals surface area contributed by atoms with Gasteiger partial charge < -0.3 is 5.32 Å². The number of halogens is 1. The van der Waals surface area contributed by atoms with E-state index >= 15 is 0 Å². The highest BCUT2D eigenvalue weighted by Crippen LogP contribution is 2.12. The fourth-order valence-electron chi connectivity index (χ4n) is 1.32. The zero-order valence-electron chi connectivity index (χ0n) is 9.79. The van der Waals surface area contributed by atoms with Crippen LogP contribution in [-0.2, 0) is 6.42 Å². The molecule has 1 aromatic rings. The van der Waals surface area contributed by atoms with Crippen LogP contribution in [0.25, 0.3) is 0 Å². The van der Waals surface area contributed by atoms with Gasteiger partial charge in [0, 0.05) is 19.0 Å². The van der Waals surface area contributed by atoms with Gasteiger partial charge in [-0.3, -0.25) is 0 Å². The van der Waals surface area contributed by atoms with Crippen LogP contribution in [0, 0.1) is 0 Å². The summed E-state index contributed by atoms with van der Waals surface area (Å²) in [5, 5.41) is 3.79. The second-order valence-corrected chi connectivity index (χ2v) is 4.89. The third kappa shape index (κ3) is 5.03. The molecule has 0 saturated carbocycles. The first-order valence-electron chi connectivity index (χ1n) is 5.52. The van der Waals surface area contributed by atoms with Crippen LogP contribution in [0.2, 0.25) is 5.15 Å². The van der Waals surface area contributed by atoms with E-state index in [0.29, 0.717) is 5.15 Å². The zero-order chi connectivity index (χ0) is 11.8. The summed E-state index contributed by atoms with van der Waals surface area (Å²) in [5.74, 6) is 2.82. The van der Waals surface area contributed by atoms with Gasteiger partial charge in [-0.1, -0.05) is 18.5 Å². The molecule has 0 amide bonds. The van der Waals surface area contributed by atoms with Crippen molar-refractivity contribution in [2.75, 3.05) is 23.9 Å². The standard InChI is InChI=1S/C11H18ClN3S/c1-3-5-10-14-9(12)8-11(15-10)13-6-4-7-16-2/h8H,3-7H2,1-2H3,(H,13,14,15). The Kier molecular flexibility index (Phi) is 6.57. The summed E-state index contributed by atoms with van der Waals surface area (Å²) in [6, 6.07) is 1.78. The largest absolute Gasteiger partial charge is 0.370 e. The predicted molar refractivity (Wildman–Crippen MR) is 72.5 cm³/mol. The number of thioether (sulfide) groups is 1. The minimum Gasteiger partial charge on any atom is -0.370 e. The lowest BCUT2D eigenvalue weighted by atomic mass is 10.3. The summed E-state index contributed by atoms with van der Waals surface area (Å²) in [5.41, 5.74) is 0. The minimum absolute atomic E-state index is 0.519. The van der Waals surface area contributed by atoms with Crippen LogP contribution >= 0.6 is 23.4 Å². The summed E-state index contributed by atoms with van der Waals surface area (Å²) in [4.78, 5) is 8.59. The van der Waals surface area contributed by atoms with Crippen LogP contribution in [0.4, 0.5) is 5.82 Å². The lowest BCUT2D eigenvalue weighted by molar-refractivity contribution is 0.832. The third-order valence-electron chi connectivity index (χ3n) is 2.05. The first-order chi connectivity index (χ1) is 7.76. The summed E-state index contributed by atoms with van der Waals surface area (Å²) >= 11 is 7.78. The second-order valence-electron chi connectivity index (χ2n) is 3.52. The van der Waals surface area contributed by atoms with E-state index in [1.807, 2.05) is 11.8 Å². The maximum atomic E-state index is 5.93. The average Bonchev–Trinajstić information content (AvgIpc) is 2.24. The molecule has 0 aliphatic heterocycles. The van der Waals surface area contributed by atoms with Crippen molar-refractivity contribution < 1.29 is 0 Å². The number of aromatic nitrogens is 2. The lowest BCUT2D eigenvalue weighted by Crippen LogP contribution is -2.06. The Balaban J connectivity index is 2.51. The summed E-state index contributed by atoms with van der Waals surface area (Å²) in [6.07, 6.45) is 5.15. The number of aryl methyl sites for hydroxylation is 1. The zero-order valence-corrected chi connectivity index (χ0v) is 11.4. The molecule has 0 aliphatic rings. The van der Waals surface area contributed by atoms with Crippen LogP contribution < -0.4 is 5.32 Å². The fraction of sp³-hybridized carbons (Fsp3) is 0.636. The van der Waals surface area contributed by atoms with Crippen molar-refractivity contribution in [3.63, 3.8) is 0 Å². The molecular weight excluding hydrogens is 242 g/mol. The molecule has 1 rings (SSSR count). The Bertz CT molecular complexity index is 320. The molecular formula is C11H18ClN3S. The van der Waals surface area contributed by atoms with Crippen molar-refractivity contribution in [1.82, 2.24) is 9.97 Å². The molecule has 0 bridgehead atoms. The topological polar surface area (TPSA) is 37.8 Å². The number of nitrogens with zero attached hydrogens (tertiary/aromatic N) is 2. The Morgan fingerprint density at radius 1 is 1.44 bits per heavy atom. The maximum absolute atomic E-state index is 5.93. The van der Waals surface area contributed by atoms with E-state index in [1.54, 1.807) is 6.07 Å². The molecule has 0 fully saturated rings. The van der Waals surface area contributed by atoms with E-state index in [2.05, 4.69) is 28.5 Å². The molecule has 0 radical (unpaired) electrons. The van der Waals surface area contributed by atoms with E-state index in [9.17, 15) is 0 Å². The predicted octanol–water partition coefficient (Wildman–Crippen LogP) is 3.25. The first kappa shape index (κ1) is 13.6. The van der Waals surface area contributed by atoms with E-state index in [0.717, 1.165) is 43.2 Å². The molecule has 0 saturated heterocycles. The van der Waals surface area contributed by atoms with Gasteiger partial charge in [-0.2, -0.15) is 11.8 Å². The van der Waals surface area contributed by atoms with E-state index in [4.69, 9.17) is 11.6 Å². The van der Waals surface area contributed by atoms with Crippen molar-refractivity contribution in [3.8, 4) is 0 Å².